The lowest BCUT2D eigenvalue weighted by atomic mass is 11.3. The van der Waals surface area contributed by atoms with Crippen molar-refractivity contribution in [2.45, 2.75) is 0 Å². The Morgan fingerprint density at radius 3 is 0.870 bits per heavy atom. The molecule has 23 heavy (non-hydrogen) atoms. The molecule has 0 aromatic heterocycles. The summed E-state index contributed by atoms with van der Waals surface area (Å²) in [7, 11) is 32.0. The van der Waals surface area contributed by atoms with E-state index in [-0.39, 0.29) is 0 Å². The van der Waals surface area contributed by atoms with E-state index in [1.807, 2.05) is 30.7 Å². The first-order valence-electron chi connectivity index (χ1n) is 7.27. The van der Waals surface area contributed by atoms with Crippen molar-refractivity contribution < 1.29 is 8.66 Å². The number of rotatable bonds is 8. The van der Waals surface area contributed by atoms with Gasteiger partial charge in [0.25, 0.3) is 0 Å². The summed E-state index contributed by atoms with van der Waals surface area (Å²) in [6.45, 7) is -3.14. The first-order valence-corrected chi connectivity index (χ1v) is 15.3. The highest BCUT2D eigenvalue weighted by Gasteiger charge is 2.40. The molecule has 0 saturated carbocycles. The van der Waals surface area contributed by atoms with Gasteiger partial charge in [-0.2, -0.15) is 0 Å². The fraction of sp³-hybridized carbons (Fsp3) is 1.00. The Balaban J connectivity index is 5.63. The Hall–Kier alpha value is 1.35. The molecule has 11 heteroatoms. The van der Waals surface area contributed by atoms with Crippen LogP contribution in [-0.4, -0.2) is 112 Å². The second kappa shape index (κ2) is 9.89. The van der Waals surface area contributed by atoms with Crippen molar-refractivity contribution >= 4 is 43.8 Å². The van der Waals surface area contributed by atoms with E-state index in [1.165, 1.54) is 0 Å². The van der Waals surface area contributed by atoms with Crippen LogP contribution in [0.3, 0.4) is 0 Å². The zero-order valence-electron chi connectivity index (χ0n) is 16.8. The van der Waals surface area contributed by atoms with Crippen LogP contribution < -0.4 is 0 Å². The second-order valence-corrected chi connectivity index (χ2v) is 21.8. The van der Waals surface area contributed by atoms with Crippen molar-refractivity contribution in [3.05, 3.63) is 0 Å². The molecular formula is C12H36N6P2S3+2. The molecule has 0 bridgehead atoms. The lowest BCUT2D eigenvalue weighted by molar-refractivity contribution is -0.447. The van der Waals surface area contributed by atoms with Gasteiger partial charge in [-0.1, -0.05) is 0 Å². The fourth-order valence-corrected chi connectivity index (χ4v) is 27.2. The van der Waals surface area contributed by atoms with Crippen molar-refractivity contribution in [2.24, 2.45) is 0 Å². The van der Waals surface area contributed by atoms with Crippen LogP contribution in [0.4, 0.5) is 0 Å². The van der Waals surface area contributed by atoms with Crippen LogP contribution >= 0.6 is 43.8 Å². The Bertz CT molecular complexity index is 429. The molecular weight excluding hydrogens is 386 g/mol. The second-order valence-electron chi connectivity index (χ2n) is 6.33. The standard InChI is InChI=1S/C12H36N6P2S3/c1-13(2)19(14(3)4,15(5)6)21-23-22-20(16(7)8,17(9)10)18(11)12/h1-12H3/q+2. The molecule has 0 aliphatic carbocycles. The minimum absolute atomic E-state index is 1.57. The Labute approximate surface area is 155 Å². The lowest BCUT2D eigenvalue weighted by Crippen LogP contribution is -2.24. The van der Waals surface area contributed by atoms with E-state index >= 15 is 0 Å². The molecule has 6 nitrogen and oxygen atoms in total. The average molecular weight is 423 g/mol. The van der Waals surface area contributed by atoms with Gasteiger partial charge in [0.15, 0.2) is 0 Å². The van der Waals surface area contributed by atoms with Gasteiger partial charge in [0.1, 0.15) is 28.2 Å². The Morgan fingerprint density at radius 1 is 0.522 bits per heavy atom. The molecule has 0 amide bonds. The van der Waals surface area contributed by atoms with Gasteiger partial charge in [0, 0.05) is 30.7 Å². The van der Waals surface area contributed by atoms with E-state index in [4.69, 9.17) is 0 Å². The largest absolute Gasteiger partial charge is 0.303 e. The highest BCUT2D eigenvalue weighted by atomic mass is 33.7. The normalized spacial score (nSPS) is 13.6. The molecule has 0 aliphatic heterocycles. The summed E-state index contributed by atoms with van der Waals surface area (Å²) >= 11 is 0. The van der Waals surface area contributed by atoms with Crippen molar-refractivity contribution in [1.29, 1.82) is 0 Å². The van der Waals surface area contributed by atoms with Gasteiger partial charge in [0.05, 0.1) is 0 Å². The van der Waals surface area contributed by atoms with Crippen LogP contribution in [0, 0.1) is 0 Å². The maximum Gasteiger partial charge on any atom is 0.303 e. The summed E-state index contributed by atoms with van der Waals surface area (Å²) < 4.78 is 14.2. The summed E-state index contributed by atoms with van der Waals surface area (Å²) in [4.78, 5) is 0. The van der Waals surface area contributed by atoms with E-state index in [0.29, 0.717) is 0 Å². The summed E-state index contributed by atoms with van der Waals surface area (Å²) in [5, 5.41) is 0. The third-order valence-corrected chi connectivity index (χ3v) is 25.6. The van der Waals surface area contributed by atoms with Crippen LogP contribution in [-0.2, 0) is 0 Å². The molecule has 0 aromatic carbocycles. The maximum absolute atomic E-state index is 2.37. The third kappa shape index (κ3) is 5.18. The van der Waals surface area contributed by atoms with Gasteiger partial charge in [-0.05, 0) is 56.4 Å². The fourth-order valence-electron chi connectivity index (χ4n) is 2.64. The van der Waals surface area contributed by atoms with Crippen molar-refractivity contribution in [3.63, 3.8) is 0 Å². The average Bonchev–Trinajstić information content (AvgIpc) is 2.35. The quantitative estimate of drug-likeness (QED) is 0.433. The minimum Gasteiger partial charge on any atom is -0.232 e. The van der Waals surface area contributed by atoms with Gasteiger partial charge in [0.2, 0.25) is 0 Å². The Morgan fingerprint density at radius 2 is 0.739 bits per heavy atom. The van der Waals surface area contributed by atoms with E-state index in [2.05, 4.69) is 112 Å². The van der Waals surface area contributed by atoms with Crippen molar-refractivity contribution in [3.8, 4) is 0 Å². The lowest BCUT2D eigenvalue weighted by Gasteiger charge is -2.33. The smallest absolute Gasteiger partial charge is 0.232 e. The first kappa shape index (κ1) is 24.4. The molecule has 0 radical (unpaired) electrons. The van der Waals surface area contributed by atoms with Crippen LogP contribution in [0.25, 0.3) is 0 Å². The van der Waals surface area contributed by atoms with Gasteiger partial charge in [-0.15, -0.1) is 0 Å². The maximum atomic E-state index is 2.37. The van der Waals surface area contributed by atoms with Crippen molar-refractivity contribution in [2.75, 3.05) is 84.6 Å². The zero-order chi connectivity index (χ0) is 18.6. The van der Waals surface area contributed by atoms with E-state index in [9.17, 15) is 0 Å². The Kier molecular flexibility index (Phi) is 10.5. The summed E-state index contributed by atoms with van der Waals surface area (Å²) in [6.07, 6.45) is 0. The predicted octanol–water partition coefficient (Wildman–Crippen LogP) is 3.70. The SMILES string of the molecule is CN(C)P(SSSP(N(C)C)(N(C)C)=[N+](C)C)(N(C)C)=[N+](C)C. The molecule has 0 fully saturated rings. The highest BCUT2D eigenvalue weighted by molar-refractivity contribution is 9.28. The molecule has 0 saturated heterocycles. The van der Waals surface area contributed by atoms with E-state index < -0.39 is 13.1 Å². The van der Waals surface area contributed by atoms with Crippen LogP contribution in [0.2, 0.25) is 0 Å². The molecule has 140 valence electrons. The van der Waals surface area contributed by atoms with Crippen LogP contribution in [0.15, 0.2) is 0 Å². The molecule has 0 N–H and O–H groups in total. The minimum atomic E-state index is -1.57. The molecule has 0 heterocycles. The van der Waals surface area contributed by atoms with Gasteiger partial charge in [-0.25, -0.2) is 27.3 Å². The monoisotopic (exact) mass is 422 g/mol. The summed E-state index contributed by atoms with van der Waals surface area (Å²) in [5.74, 6) is 0. The topological polar surface area (TPSA) is 19.0 Å². The molecule has 0 atom stereocenters. The zero-order valence-corrected chi connectivity index (χ0v) is 21.0. The first-order chi connectivity index (χ1) is 10.4. The summed E-state index contributed by atoms with van der Waals surface area (Å²) in [5.41, 5.74) is 0. The molecule has 0 rings (SSSR count). The number of hydrogen-bond donors (Lipinski definition) is 0. The van der Waals surface area contributed by atoms with Gasteiger partial charge < -0.3 is 0 Å². The number of hydrogen-bond acceptors (Lipinski definition) is 3. The summed E-state index contributed by atoms with van der Waals surface area (Å²) in [6, 6.07) is 0. The molecule has 0 aliphatic rings. The third-order valence-electron chi connectivity index (χ3n) is 3.39. The number of nitrogens with zero attached hydrogens (tertiary/aromatic N) is 6. The van der Waals surface area contributed by atoms with Crippen LogP contribution in [0.1, 0.15) is 0 Å². The molecule has 0 spiro atoms. The highest BCUT2D eigenvalue weighted by Crippen LogP contribution is 2.77. The predicted molar refractivity (Wildman–Crippen MR) is 116 cm³/mol. The van der Waals surface area contributed by atoms with E-state index in [1.54, 1.807) is 0 Å². The van der Waals surface area contributed by atoms with Gasteiger partial charge in [-0.3, -0.25) is 0 Å². The van der Waals surface area contributed by atoms with Crippen LogP contribution in [0.5, 0.6) is 0 Å². The van der Waals surface area contributed by atoms with Gasteiger partial charge >= 0.3 is 13.1 Å². The molecule has 0 aromatic rings. The molecule has 0 unspecified atom stereocenters. The van der Waals surface area contributed by atoms with Crippen molar-refractivity contribution in [1.82, 2.24) is 18.7 Å². The van der Waals surface area contributed by atoms with E-state index in [0.717, 1.165) is 0 Å².